The van der Waals surface area contributed by atoms with Gasteiger partial charge in [0.1, 0.15) is 0 Å². The third-order valence-corrected chi connectivity index (χ3v) is 4.07. The van der Waals surface area contributed by atoms with Gasteiger partial charge in [-0.2, -0.15) is 0 Å². The molecule has 0 amide bonds. The van der Waals surface area contributed by atoms with Crippen molar-refractivity contribution in [1.82, 2.24) is 4.72 Å². The molecule has 7 heteroatoms. The van der Waals surface area contributed by atoms with Gasteiger partial charge in [-0.05, 0) is 18.6 Å². The van der Waals surface area contributed by atoms with E-state index in [1.807, 2.05) is 6.92 Å². The molecule has 110 valence electrons. The number of carbonyl (C=O) groups excluding carboxylic acids is 1. The first kappa shape index (κ1) is 16.3. The van der Waals surface area contributed by atoms with E-state index in [1.165, 1.54) is 24.3 Å². The summed E-state index contributed by atoms with van der Waals surface area (Å²) in [6, 6.07) is 5.47. The summed E-state index contributed by atoms with van der Waals surface area (Å²) in [5.41, 5.74) is 0.306. The van der Waals surface area contributed by atoms with Crippen LogP contribution < -0.4 is 4.72 Å². The smallest absolute Gasteiger partial charge is 0.303 e. The van der Waals surface area contributed by atoms with E-state index in [0.717, 1.165) is 0 Å². The molecule has 0 aliphatic carbocycles. The number of hydrogen-bond donors (Lipinski definition) is 2. The number of aliphatic carboxylic acids is 1. The highest BCUT2D eigenvalue weighted by Gasteiger charge is 2.14. The lowest BCUT2D eigenvalue weighted by atomic mass is 10.1. The number of nitrogens with one attached hydrogen (secondary N) is 1. The lowest BCUT2D eigenvalue weighted by Gasteiger charge is -2.06. The summed E-state index contributed by atoms with van der Waals surface area (Å²) in [6.45, 7) is 2.20. The summed E-state index contributed by atoms with van der Waals surface area (Å²) in [4.78, 5) is 22.1. The van der Waals surface area contributed by atoms with Crippen LogP contribution in [-0.2, 0) is 14.8 Å². The van der Waals surface area contributed by atoms with Crippen LogP contribution in [0.25, 0.3) is 0 Å². The van der Waals surface area contributed by atoms with Crippen LogP contribution in [0.3, 0.4) is 0 Å². The molecule has 0 unspecified atom stereocenters. The molecule has 0 atom stereocenters. The zero-order valence-electron chi connectivity index (χ0n) is 11.1. The molecule has 0 aliphatic rings. The summed E-state index contributed by atoms with van der Waals surface area (Å²) in [5, 5.41) is 8.50. The highest BCUT2D eigenvalue weighted by molar-refractivity contribution is 7.89. The fraction of sp³-hybridized carbons (Fsp3) is 0.385. The van der Waals surface area contributed by atoms with Gasteiger partial charge in [0.25, 0.3) is 0 Å². The van der Waals surface area contributed by atoms with Crippen molar-refractivity contribution >= 4 is 21.8 Å². The first-order valence-electron chi connectivity index (χ1n) is 6.21. The Bertz CT molecular complexity index is 577. The molecular formula is C13H17NO5S. The van der Waals surface area contributed by atoms with Crippen LogP contribution >= 0.6 is 0 Å². The molecule has 0 radical (unpaired) electrons. The quantitative estimate of drug-likeness (QED) is 0.707. The summed E-state index contributed by atoms with van der Waals surface area (Å²) >= 11 is 0. The molecule has 1 aromatic carbocycles. The first-order valence-corrected chi connectivity index (χ1v) is 7.70. The Morgan fingerprint density at radius 1 is 1.15 bits per heavy atom. The SMILES string of the molecule is CCCNS(=O)(=O)c1ccc(C(=O)CCC(=O)O)cc1. The minimum absolute atomic E-state index is 0.0840. The maximum atomic E-state index is 11.8. The second-order valence-corrected chi connectivity index (χ2v) is 6.01. The average Bonchev–Trinajstić information content (AvgIpc) is 2.42. The Morgan fingerprint density at radius 3 is 2.25 bits per heavy atom. The molecule has 0 fully saturated rings. The number of sulfonamides is 1. The molecule has 1 aromatic rings. The van der Waals surface area contributed by atoms with E-state index in [4.69, 9.17) is 5.11 Å². The van der Waals surface area contributed by atoms with E-state index in [-0.39, 0.29) is 23.5 Å². The number of ketones is 1. The normalized spacial score (nSPS) is 11.2. The Labute approximate surface area is 117 Å². The Morgan fingerprint density at radius 2 is 1.75 bits per heavy atom. The number of carbonyl (C=O) groups is 2. The predicted molar refractivity (Wildman–Crippen MR) is 73.1 cm³/mol. The van der Waals surface area contributed by atoms with E-state index in [0.29, 0.717) is 18.5 Å². The maximum Gasteiger partial charge on any atom is 0.303 e. The highest BCUT2D eigenvalue weighted by atomic mass is 32.2. The number of benzene rings is 1. The molecule has 6 nitrogen and oxygen atoms in total. The third-order valence-electron chi connectivity index (χ3n) is 2.59. The zero-order chi connectivity index (χ0) is 15.2. The zero-order valence-corrected chi connectivity index (χ0v) is 11.9. The standard InChI is InChI=1S/C13H17NO5S/c1-2-9-14-20(18,19)11-5-3-10(4-6-11)12(15)7-8-13(16)17/h3-6,14H,2,7-9H2,1H3,(H,16,17). The first-order chi connectivity index (χ1) is 9.36. The van der Waals surface area contributed by atoms with Crippen LogP contribution in [-0.4, -0.2) is 31.8 Å². The van der Waals surface area contributed by atoms with Crippen LogP contribution in [0.15, 0.2) is 29.2 Å². The van der Waals surface area contributed by atoms with Gasteiger partial charge in [0.15, 0.2) is 5.78 Å². The van der Waals surface area contributed by atoms with Crippen molar-refractivity contribution < 1.29 is 23.1 Å². The van der Waals surface area contributed by atoms with E-state index < -0.39 is 16.0 Å². The number of carboxylic acid groups (broad SMARTS) is 1. The van der Waals surface area contributed by atoms with Gasteiger partial charge in [0, 0.05) is 18.5 Å². The molecule has 2 N–H and O–H groups in total. The average molecular weight is 299 g/mol. The van der Waals surface area contributed by atoms with Gasteiger partial charge in [0.05, 0.1) is 11.3 Å². The largest absolute Gasteiger partial charge is 0.481 e. The minimum Gasteiger partial charge on any atom is -0.481 e. The highest BCUT2D eigenvalue weighted by Crippen LogP contribution is 2.12. The second kappa shape index (κ2) is 7.16. The number of carboxylic acids is 1. The molecular weight excluding hydrogens is 282 g/mol. The Balaban J connectivity index is 2.78. The van der Waals surface area contributed by atoms with Gasteiger partial charge >= 0.3 is 5.97 Å². The van der Waals surface area contributed by atoms with Crippen LogP contribution in [0, 0.1) is 0 Å². The van der Waals surface area contributed by atoms with E-state index in [1.54, 1.807) is 0 Å². The second-order valence-electron chi connectivity index (χ2n) is 4.24. The molecule has 0 aliphatic heterocycles. The topological polar surface area (TPSA) is 101 Å². The van der Waals surface area contributed by atoms with Gasteiger partial charge in [-0.25, -0.2) is 13.1 Å². The Hall–Kier alpha value is -1.73. The van der Waals surface area contributed by atoms with Crippen LogP contribution in [0.5, 0.6) is 0 Å². The molecule has 0 saturated carbocycles. The van der Waals surface area contributed by atoms with Crippen LogP contribution in [0.1, 0.15) is 36.5 Å². The summed E-state index contributed by atoms with van der Waals surface area (Å²) in [6.07, 6.45) is 0.345. The van der Waals surface area contributed by atoms with Gasteiger partial charge in [-0.15, -0.1) is 0 Å². The fourth-order valence-corrected chi connectivity index (χ4v) is 2.64. The Kier molecular flexibility index (Phi) is 5.84. The molecule has 0 saturated heterocycles. The fourth-order valence-electron chi connectivity index (χ4n) is 1.50. The van der Waals surface area contributed by atoms with Crippen molar-refractivity contribution in [3.63, 3.8) is 0 Å². The van der Waals surface area contributed by atoms with Crippen molar-refractivity contribution in [2.45, 2.75) is 31.1 Å². The molecule has 1 rings (SSSR count). The molecule has 0 spiro atoms. The van der Waals surface area contributed by atoms with Crippen molar-refractivity contribution in [3.05, 3.63) is 29.8 Å². The monoisotopic (exact) mass is 299 g/mol. The van der Waals surface area contributed by atoms with Crippen molar-refractivity contribution in [2.75, 3.05) is 6.54 Å². The van der Waals surface area contributed by atoms with E-state index in [9.17, 15) is 18.0 Å². The third kappa shape index (κ3) is 4.75. The maximum absolute atomic E-state index is 11.8. The number of hydrogen-bond acceptors (Lipinski definition) is 4. The van der Waals surface area contributed by atoms with Gasteiger partial charge in [-0.1, -0.05) is 19.1 Å². The number of Topliss-reactive ketones (excluding diaryl/α,β-unsaturated/α-hetero) is 1. The lowest BCUT2D eigenvalue weighted by Crippen LogP contribution is -2.24. The summed E-state index contributed by atoms with van der Waals surface area (Å²) in [5.74, 6) is -1.36. The van der Waals surface area contributed by atoms with Gasteiger partial charge in [0.2, 0.25) is 10.0 Å². The molecule has 0 heterocycles. The molecule has 0 aromatic heterocycles. The van der Waals surface area contributed by atoms with Crippen LogP contribution in [0.2, 0.25) is 0 Å². The van der Waals surface area contributed by atoms with Crippen molar-refractivity contribution in [1.29, 1.82) is 0 Å². The van der Waals surface area contributed by atoms with Gasteiger partial charge in [-0.3, -0.25) is 9.59 Å². The lowest BCUT2D eigenvalue weighted by molar-refractivity contribution is -0.136. The molecule has 20 heavy (non-hydrogen) atoms. The van der Waals surface area contributed by atoms with Crippen molar-refractivity contribution in [2.24, 2.45) is 0 Å². The minimum atomic E-state index is -3.55. The van der Waals surface area contributed by atoms with E-state index in [2.05, 4.69) is 4.72 Å². The summed E-state index contributed by atoms with van der Waals surface area (Å²) in [7, 11) is -3.55. The van der Waals surface area contributed by atoms with Gasteiger partial charge < -0.3 is 5.11 Å². The number of rotatable bonds is 8. The molecule has 0 bridgehead atoms. The van der Waals surface area contributed by atoms with Crippen molar-refractivity contribution in [3.8, 4) is 0 Å². The predicted octanol–water partition coefficient (Wildman–Crippen LogP) is 1.42. The summed E-state index contributed by atoms with van der Waals surface area (Å²) < 4.78 is 26.1. The van der Waals surface area contributed by atoms with Crippen LogP contribution in [0.4, 0.5) is 0 Å². The van der Waals surface area contributed by atoms with E-state index >= 15 is 0 Å².